The van der Waals surface area contributed by atoms with Gasteiger partial charge < -0.3 is 10.6 Å². The van der Waals surface area contributed by atoms with E-state index in [0.29, 0.717) is 5.92 Å². The van der Waals surface area contributed by atoms with Crippen LogP contribution in [0.25, 0.3) is 0 Å². The number of piperidine rings is 1. The molecule has 1 aliphatic rings. The molecule has 0 amide bonds. The third kappa shape index (κ3) is 3.53. The van der Waals surface area contributed by atoms with Crippen molar-refractivity contribution in [2.45, 2.75) is 45.7 Å². The van der Waals surface area contributed by atoms with E-state index in [9.17, 15) is 0 Å². The van der Waals surface area contributed by atoms with Crippen molar-refractivity contribution in [1.29, 1.82) is 0 Å². The highest BCUT2D eigenvalue weighted by molar-refractivity contribution is 5.00. The molecule has 0 spiro atoms. The van der Waals surface area contributed by atoms with Crippen LogP contribution in [0.1, 0.15) is 44.8 Å². The maximum Gasteiger partial charge on any atom is 0.0996 e. The van der Waals surface area contributed by atoms with Gasteiger partial charge in [0.15, 0.2) is 0 Å². The molecule has 1 atom stereocenters. The van der Waals surface area contributed by atoms with E-state index in [0.717, 1.165) is 18.8 Å². The van der Waals surface area contributed by atoms with Gasteiger partial charge in [-0.1, -0.05) is 25.5 Å². The molecule has 102 valence electrons. The Morgan fingerprint density at radius 3 is 2.61 bits per heavy atom. The lowest BCUT2D eigenvalue weighted by Crippen LogP contribution is -2.32. The van der Waals surface area contributed by atoms with E-state index in [1.54, 1.807) is 0 Å². The van der Waals surface area contributed by atoms with E-state index in [1.165, 1.54) is 32.4 Å². The molecule has 0 aliphatic carbocycles. The van der Waals surface area contributed by atoms with Crippen molar-refractivity contribution >= 4 is 0 Å². The fourth-order valence-electron chi connectivity index (χ4n) is 2.34. The number of hydrogen-bond acceptors (Lipinski definition) is 4. The molecule has 2 rings (SSSR count). The minimum absolute atomic E-state index is 0.00580. The van der Waals surface area contributed by atoms with Crippen LogP contribution in [-0.2, 0) is 6.54 Å². The number of rotatable bonds is 5. The highest BCUT2D eigenvalue weighted by Crippen LogP contribution is 2.15. The topological polar surface area (TPSA) is 60.0 Å². The van der Waals surface area contributed by atoms with Crippen LogP contribution in [0.2, 0.25) is 0 Å². The first-order valence-electron chi connectivity index (χ1n) is 7.05. The number of nitrogens with two attached hydrogens (primary N) is 1. The van der Waals surface area contributed by atoms with Gasteiger partial charge in [0.2, 0.25) is 0 Å². The van der Waals surface area contributed by atoms with E-state index < -0.39 is 0 Å². The summed E-state index contributed by atoms with van der Waals surface area (Å²) in [4.78, 5) is 2.51. The first kappa shape index (κ1) is 13.5. The van der Waals surface area contributed by atoms with Gasteiger partial charge in [-0.05, 0) is 31.8 Å². The van der Waals surface area contributed by atoms with Gasteiger partial charge in [-0.2, -0.15) is 0 Å². The third-order valence-electron chi connectivity index (χ3n) is 3.71. The van der Waals surface area contributed by atoms with Gasteiger partial charge in [0.05, 0.1) is 24.5 Å². The lowest BCUT2D eigenvalue weighted by atomic mass is 10.0. The summed E-state index contributed by atoms with van der Waals surface area (Å²) < 4.78 is 1.92. The van der Waals surface area contributed by atoms with Crippen LogP contribution in [0.15, 0.2) is 6.20 Å². The van der Waals surface area contributed by atoms with Crippen molar-refractivity contribution in [3.05, 3.63) is 11.9 Å². The van der Waals surface area contributed by atoms with Gasteiger partial charge in [0.25, 0.3) is 0 Å². The second kappa shape index (κ2) is 6.29. The van der Waals surface area contributed by atoms with E-state index in [2.05, 4.69) is 29.1 Å². The fraction of sp³-hybridized carbons (Fsp3) is 0.846. The molecule has 1 fully saturated rings. The first-order valence-corrected chi connectivity index (χ1v) is 7.05. The number of aromatic nitrogens is 3. The maximum atomic E-state index is 6.06. The van der Waals surface area contributed by atoms with Gasteiger partial charge in [-0.15, -0.1) is 5.10 Å². The Morgan fingerprint density at radius 1 is 1.22 bits per heavy atom. The molecule has 5 nitrogen and oxygen atoms in total. The van der Waals surface area contributed by atoms with Gasteiger partial charge in [-0.25, -0.2) is 0 Å². The van der Waals surface area contributed by atoms with Crippen LogP contribution in [0.4, 0.5) is 0 Å². The highest BCUT2D eigenvalue weighted by atomic mass is 15.4. The summed E-state index contributed by atoms with van der Waals surface area (Å²) in [5, 5.41) is 8.33. The standard InChI is InChI=1S/C13H25N5/c1-11(2)13(14)12-10-18(16-15-12)9-8-17-6-4-3-5-7-17/h10-11,13H,3-9,14H2,1-2H3. The van der Waals surface area contributed by atoms with Crippen LogP contribution in [0, 0.1) is 5.92 Å². The van der Waals surface area contributed by atoms with Crippen LogP contribution in [0.5, 0.6) is 0 Å². The van der Waals surface area contributed by atoms with E-state index in [4.69, 9.17) is 5.73 Å². The predicted molar refractivity (Wildman–Crippen MR) is 72.1 cm³/mol. The quantitative estimate of drug-likeness (QED) is 0.860. The third-order valence-corrected chi connectivity index (χ3v) is 3.71. The summed E-state index contributed by atoms with van der Waals surface area (Å²) in [6.07, 6.45) is 6.05. The highest BCUT2D eigenvalue weighted by Gasteiger charge is 2.15. The molecule has 1 saturated heterocycles. The minimum Gasteiger partial charge on any atom is -0.322 e. The van der Waals surface area contributed by atoms with E-state index in [-0.39, 0.29) is 6.04 Å². The largest absolute Gasteiger partial charge is 0.322 e. The molecule has 1 aliphatic heterocycles. The second-order valence-corrected chi connectivity index (χ2v) is 5.58. The summed E-state index contributed by atoms with van der Waals surface area (Å²) in [5.41, 5.74) is 6.97. The fourth-order valence-corrected chi connectivity index (χ4v) is 2.34. The zero-order chi connectivity index (χ0) is 13.0. The predicted octanol–water partition coefficient (Wildman–Crippen LogP) is 1.42. The normalized spacial score (nSPS) is 19.3. The lowest BCUT2D eigenvalue weighted by molar-refractivity contribution is 0.217. The van der Waals surface area contributed by atoms with E-state index >= 15 is 0 Å². The molecule has 0 bridgehead atoms. The zero-order valence-corrected chi connectivity index (χ0v) is 11.5. The summed E-state index contributed by atoms with van der Waals surface area (Å²) in [7, 11) is 0. The monoisotopic (exact) mass is 251 g/mol. The lowest BCUT2D eigenvalue weighted by Gasteiger charge is -2.25. The van der Waals surface area contributed by atoms with Crippen molar-refractivity contribution in [3.63, 3.8) is 0 Å². The molecule has 18 heavy (non-hydrogen) atoms. The van der Waals surface area contributed by atoms with Crippen molar-refractivity contribution in [2.24, 2.45) is 11.7 Å². The Labute approximate surface area is 109 Å². The molecule has 2 heterocycles. The zero-order valence-electron chi connectivity index (χ0n) is 11.5. The second-order valence-electron chi connectivity index (χ2n) is 5.58. The van der Waals surface area contributed by atoms with Crippen molar-refractivity contribution in [2.75, 3.05) is 19.6 Å². The average molecular weight is 251 g/mol. The summed E-state index contributed by atoms with van der Waals surface area (Å²) >= 11 is 0. The molecule has 1 aromatic heterocycles. The summed E-state index contributed by atoms with van der Waals surface area (Å²) in [6, 6.07) is -0.00580. The van der Waals surface area contributed by atoms with Crippen molar-refractivity contribution in [1.82, 2.24) is 19.9 Å². The van der Waals surface area contributed by atoms with Crippen LogP contribution in [0.3, 0.4) is 0 Å². The molecule has 1 unspecified atom stereocenters. The molecule has 0 aromatic carbocycles. The van der Waals surface area contributed by atoms with Crippen LogP contribution >= 0.6 is 0 Å². The number of likely N-dealkylation sites (tertiary alicyclic amines) is 1. The molecule has 1 aromatic rings. The van der Waals surface area contributed by atoms with Gasteiger partial charge in [0.1, 0.15) is 0 Å². The molecule has 5 heteroatoms. The molecule has 2 N–H and O–H groups in total. The summed E-state index contributed by atoms with van der Waals surface area (Å²) in [5.74, 6) is 0.400. The molecule has 0 saturated carbocycles. The SMILES string of the molecule is CC(C)C(N)c1cn(CCN2CCCCC2)nn1. The van der Waals surface area contributed by atoms with Crippen LogP contribution in [-0.4, -0.2) is 39.5 Å². The van der Waals surface area contributed by atoms with Gasteiger partial charge in [-0.3, -0.25) is 4.68 Å². The Morgan fingerprint density at radius 2 is 1.94 bits per heavy atom. The molecular weight excluding hydrogens is 226 g/mol. The Kier molecular flexibility index (Phi) is 4.72. The Balaban J connectivity index is 1.82. The van der Waals surface area contributed by atoms with E-state index in [1.807, 2.05) is 10.9 Å². The number of nitrogens with zero attached hydrogens (tertiary/aromatic N) is 4. The smallest absolute Gasteiger partial charge is 0.0996 e. The Bertz CT molecular complexity index is 354. The minimum atomic E-state index is -0.00580. The number of hydrogen-bond donors (Lipinski definition) is 1. The van der Waals surface area contributed by atoms with Crippen molar-refractivity contribution < 1.29 is 0 Å². The molecule has 0 radical (unpaired) electrons. The molecular formula is C13H25N5. The van der Waals surface area contributed by atoms with Crippen molar-refractivity contribution in [3.8, 4) is 0 Å². The summed E-state index contributed by atoms with van der Waals surface area (Å²) in [6.45, 7) is 8.66. The van der Waals surface area contributed by atoms with Crippen LogP contribution < -0.4 is 5.73 Å². The average Bonchev–Trinajstić information content (AvgIpc) is 2.85. The maximum absolute atomic E-state index is 6.06. The van der Waals surface area contributed by atoms with Gasteiger partial charge in [0, 0.05) is 6.54 Å². The first-order chi connectivity index (χ1) is 8.66. The Hall–Kier alpha value is -0.940. The van der Waals surface area contributed by atoms with Gasteiger partial charge >= 0.3 is 0 Å².